The molecule has 13 heavy (non-hydrogen) atoms. The molecule has 0 fully saturated rings. The van der Waals surface area contributed by atoms with Crippen LogP contribution in [0, 0.1) is 18.3 Å². The maximum Gasteiger partial charge on any atom is 0.123 e. The Morgan fingerprint density at radius 3 is 2.92 bits per heavy atom. The van der Waals surface area contributed by atoms with Crippen molar-refractivity contribution in [3.05, 3.63) is 29.3 Å². The largest absolute Gasteiger partial charge is 0.507 e. The van der Waals surface area contributed by atoms with E-state index in [1.807, 2.05) is 12.1 Å². The summed E-state index contributed by atoms with van der Waals surface area (Å²) < 4.78 is 0. The number of nitrogens with two attached hydrogens (primary N) is 1. The van der Waals surface area contributed by atoms with Gasteiger partial charge >= 0.3 is 0 Å². The average molecular weight is 176 g/mol. The molecule has 3 N–H and O–H groups in total. The number of aromatic hydroxyl groups is 1. The number of aryl methyl sites for hydroxylation is 1. The number of nitriles is 1. The van der Waals surface area contributed by atoms with Crippen molar-refractivity contribution in [3.63, 3.8) is 0 Å². The first-order valence-electron chi connectivity index (χ1n) is 4.08. The zero-order chi connectivity index (χ0) is 9.84. The first-order chi connectivity index (χ1) is 6.16. The van der Waals surface area contributed by atoms with Crippen LogP contribution < -0.4 is 5.73 Å². The van der Waals surface area contributed by atoms with Crippen LogP contribution in [0.15, 0.2) is 18.2 Å². The summed E-state index contributed by atoms with van der Waals surface area (Å²) in [4.78, 5) is 0. The lowest BCUT2D eigenvalue weighted by molar-refractivity contribution is 0.458. The minimum absolute atomic E-state index is 0.199. The Morgan fingerprint density at radius 1 is 1.62 bits per heavy atom. The van der Waals surface area contributed by atoms with Gasteiger partial charge in [0.15, 0.2) is 0 Å². The molecule has 3 nitrogen and oxygen atoms in total. The fraction of sp³-hybridized carbons (Fsp3) is 0.300. The van der Waals surface area contributed by atoms with Crippen LogP contribution >= 0.6 is 0 Å². The van der Waals surface area contributed by atoms with Gasteiger partial charge in [0.1, 0.15) is 5.75 Å². The smallest absolute Gasteiger partial charge is 0.123 e. The molecule has 68 valence electrons. The summed E-state index contributed by atoms with van der Waals surface area (Å²) in [6, 6.07) is 6.94. The number of hydrogen-bond donors (Lipinski definition) is 2. The highest BCUT2D eigenvalue weighted by molar-refractivity contribution is 5.41. The molecule has 0 saturated carbocycles. The zero-order valence-corrected chi connectivity index (χ0v) is 7.49. The van der Waals surface area contributed by atoms with E-state index < -0.39 is 6.04 Å². The third-order valence-electron chi connectivity index (χ3n) is 1.98. The van der Waals surface area contributed by atoms with E-state index in [-0.39, 0.29) is 12.2 Å². The maximum atomic E-state index is 9.61. The fourth-order valence-electron chi connectivity index (χ4n) is 1.19. The molecule has 0 aliphatic carbocycles. The van der Waals surface area contributed by atoms with Gasteiger partial charge in [0.05, 0.1) is 12.5 Å². The third-order valence-corrected chi connectivity index (χ3v) is 1.98. The van der Waals surface area contributed by atoms with E-state index in [1.54, 1.807) is 19.1 Å². The van der Waals surface area contributed by atoms with Gasteiger partial charge in [-0.15, -0.1) is 0 Å². The van der Waals surface area contributed by atoms with Gasteiger partial charge in [-0.3, -0.25) is 0 Å². The molecule has 0 unspecified atom stereocenters. The van der Waals surface area contributed by atoms with Crippen molar-refractivity contribution >= 4 is 0 Å². The molecule has 0 heterocycles. The Morgan fingerprint density at radius 2 is 2.31 bits per heavy atom. The summed E-state index contributed by atoms with van der Waals surface area (Å²) >= 11 is 0. The second-order valence-electron chi connectivity index (χ2n) is 2.98. The summed E-state index contributed by atoms with van der Waals surface area (Å²) in [6.45, 7) is 1.80. The minimum atomic E-state index is -0.398. The Kier molecular flexibility index (Phi) is 2.88. The van der Waals surface area contributed by atoms with Crippen LogP contribution in [0.2, 0.25) is 0 Å². The first-order valence-corrected chi connectivity index (χ1v) is 4.08. The van der Waals surface area contributed by atoms with E-state index in [2.05, 4.69) is 0 Å². The molecule has 0 bridgehead atoms. The van der Waals surface area contributed by atoms with Gasteiger partial charge in [-0.25, -0.2) is 0 Å². The van der Waals surface area contributed by atoms with E-state index >= 15 is 0 Å². The van der Waals surface area contributed by atoms with Crippen LogP contribution in [0.1, 0.15) is 23.6 Å². The molecule has 0 radical (unpaired) electrons. The summed E-state index contributed by atoms with van der Waals surface area (Å²) in [6.07, 6.45) is 0.219. The highest BCUT2D eigenvalue weighted by atomic mass is 16.3. The van der Waals surface area contributed by atoms with Gasteiger partial charge in [0.2, 0.25) is 0 Å². The van der Waals surface area contributed by atoms with Crippen LogP contribution in [0.25, 0.3) is 0 Å². The van der Waals surface area contributed by atoms with Crippen molar-refractivity contribution in [1.82, 2.24) is 0 Å². The van der Waals surface area contributed by atoms with Crippen molar-refractivity contribution in [2.24, 2.45) is 5.73 Å². The maximum absolute atomic E-state index is 9.61. The quantitative estimate of drug-likeness (QED) is 0.719. The van der Waals surface area contributed by atoms with Gasteiger partial charge in [0, 0.05) is 11.6 Å². The number of rotatable bonds is 2. The van der Waals surface area contributed by atoms with Crippen LogP contribution in [0.4, 0.5) is 0 Å². The predicted octanol–water partition coefficient (Wildman–Crippen LogP) is 1.61. The minimum Gasteiger partial charge on any atom is -0.507 e. The molecule has 1 atom stereocenters. The van der Waals surface area contributed by atoms with Crippen LogP contribution in [-0.2, 0) is 0 Å². The van der Waals surface area contributed by atoms with Crippen LogP contribution in [0.3, 0.4) is 0 Å². The molecule has 0 spiro atoms. The monoisotopic (exact) mass is 176 g/mol. The second kappa shape index (κ2) is 3.92. The molecular formula is C10H12N2O. The highest BCUT2D eigenvalue weighted by Crippen LogP contribution is 2.27. The lowest BCUT2D eigenvalue weighted by Crippen LogP contribution is -2.09. The SMILES string of the molecule is Cc1cccc([C@H](N)CC#N)c1O. The topological polar surface area (TPSA) is 70.0 Å². The average Bonchev–Trinajstić information content (AvgIpc) is 2.10. The number of hydrogen-bond acceptors (Lipinski definition) is 3. The molecule has 0 aromatic heterocycles. The van der Waals surface area contributed by atoms with Gasteiger partial charge in [0.25, 0.3) is 0 Å². The first kappa shape index (κ1) is 9.56. The standard InChI is InChI=1S/C10H12N2O/c1-7-3-2-4-8(10(7)13)9(12)5-6-11/h2-4,9,13H,5,12H2,1H3/t9-/m1/s1. The van der Waals surface area contributed by atoms with E-state index in [9.17, 15) is 5.11 Å². The molecule has 1 aromatic carbocycles. The molecule has 1 rings (SSSR count). The van der Waals surface area contributed by atoms with Crippen molar-refractivity contribution in [1.29, 1.82) is 5.26 Å². The second-order valence-corrected chi connectivity index (χ2v) is 2.98. The van der Waals surface area contributed by atoms with E-state index in [0.717, 1.165) is 5.56 Å². The van der Waals surface area contributed by atoms with Crippen molar-refractivity contribution in [2.45, 2.75) is 19.4 Å². The van der Waals surface area contributed by atoms with E-state index in [4.69, 9.17) is 11.0 Å². The Hall–Kier alpha value is -1.53. The number of phenolic OH excluding ortho intramolecular Hbond substituents is 1. The molecule has 0 amide bonds. The zero-order valence-electron chi connectivity index (χ0n) is 7.49. The van der Waals surface area contributed by atoms with Gasteiger partial charge in [-0.05, 0) is 12.5 Å². The predicted molar refractivity (Wildman–Crippen MR) is 50.0 cm³/mol. The molecule has 1 aromatic rings. The van der Waals surface area contributed by atoms with E-state index in [0.29, 0.717) is 5.56 Å². The molecule has 3 heteroatoms. The summed E-state index contributed by atoms with van der Waals surface area (Å²) in [5, 5.41) is 18.1. The summed E-state index contributed by atoms with van der Waals surface area (Å²) in [5.41, 5.74) is 7.12. The normalized spacial score (nSPS) is 12.1. The molecule has 0 saturated heterocycles. The van der Waals surface area contributed by atoms with Crippen LogP contribution in [-0.4, -0.2) is 5.11 Å². The van der Waals surface area contributed by atoms with Crippen molar-refractivity contribution in [3.8, 4) is 11.8 Å². The van der Waals surface area contributed by atoms with Gasteiger partial charge in [-0.1, -0.05) is 18.2 Å². The number of phenols is 1. The van der Waals surface area contributed by atoms with Crippen molar-refractivity contribution in [2.75, 3.05) is 0 Å². The summed E-state index contributed by atoms with van der Waals surface area (Å²) in [7, 11) is 0. The lowest BCUT2D eigenvalue weighted by atomic mass is 10.0. The van der Waals surface area contributed by atoms with Gasteiger partial charge < -0.3 is 10.8 Å². The summed E-state index contributed by atoms with van der Waals surface area (Å²) in [5.74, 6) is 0.199. The lowest BCUT2D eigenvalue weighted by Gasteiger charge is -2.11. The molecular weight excluding hydrogens is 164 g/mol. The van der Waals surface area contributed by atoms with Crippen LogP contribution in [0.5, 0.6) is 5.75 Å². The highest BCUT2D eigenvalue weighted by Gasteiger charge is 2.10. The molecule has 0 aliphatic heterocycles. The Bertz CT molecular complexity index is 341. The van der Waals surface area contributed by atoms with E-state index in [1.165, 1.54) is 0 Å². The number of nitrogens with zero attached hydrogens (tertiary/aromatic N) is 1. The molecule has 0 aliphatic rings. The van der Waals surface area contributed by atoms with Crippen molar-refractivity contribution < 1.29 is 5.11 Å². The fourth-order valence-corrected chi connectivity index (χ4v) is 1.19. The Balaban J connectivity index is 3.02. The van der Waals surface area contributed by atoms with Gasteiger partial charge in [-0.2, -0.15) is 5.26 Å². The number of para-hydroxylation sites is 1. The Labute approximate surface area is 77.4 Å². The third kappa shape index (κ3) is 1.98. The number of benzene rings is 1.